The van der Waals surface area contributed by atoms with E-state index in [9.17, 15) is 0 Å². The van der Waals surface area contributed by atoms with E-state index in [1.165, 1.54) is 0 Å². The van der Waals surface area contributed by atoms with Gasteiger partial charge in [0.1, 0.15) is 46.0 Å². The summed E-state index contributed by atoms with van der Waals surface area (Å²) < 4.78 is 57.5. The van der Waals surface area contributed by atoms with Gasteiger partial charge in [-0.3, -0.25) is 0 Å². The summed E-state index contributed by atoms with van der Waals surface area (Å²) in [5, 5.41) is 0. The fraction of sp³-hybridized carbons (Fsp3) is 0.538. The van der Waals surface area contributed by atoms with Gasteiger partial charge in [-0.25, -0.2) is 0 Å². The largest absolute Gasteiger partial charge is 0.457 e. The van der Waals surface area contributed by atoms with Crippen molar-refractivity contribution in [3.8, 4) is 46.0 Å². The minimum absolute atomic E-state index is 0.0193. The van der Waals surface area contributed by atoms with E-state index in [4.69, 9.17) is 37.9 Å². The van der Waals surface area contributed by atoms with Crippen LogP contribution in [0.15, 0.2) is 42.2 Å². The molecule has 344 valence electrons. The molecule has 4 aromatic carbocycles. The van der Waals surface area contributed by atoms with Crippen molar-refractivity contribution >= 4 is 63.7 Å². The van der Waals surface area contributed by atoms with Crippen LogP contribution in [-0.2, 0) is 0 Å². The molecule has 1 aliphatic carbocycles. The van der Waals surface area contributed by atoms with Gasteiger partial charge in [-0.15, -0.1) is 0 Å². The van der Waals surface area contributed by atoms with Crippen LogP contribution < -0.4 is 37.9 Å². The van der Waals surface area contributed by atoms with Crippen molar-refractivity contribution < 1.29 is 37.9 Å². The highest BCUT2D eigenvalue weighted by molar-refractivity contribution is 9.11. The van der Waals surface area contributed by atoms with Crippen molar-refractivity contribution in [1.82, 2.24) is 0 Å². The standard InChI is InChI=1S/C52H60Br4O8/c1-5-9-13-17-29-41-33-21-35-43(49(41)53)30(18-14-10-6-2)45-37(61-26-59-35)23-39-47(51(45)55)32(20-16-12-8-4)48-40(64-28-63-39)24-38-46(52(48)56)31(19-15-11-7-3)44-36(60-27-62-38)22-34(58-25-57-33)42(29)50(44)54/h21-24,29-32H,5-20,25-28H2,1-4H3. The smallest absolute Gasteiger partial charge is 0.230 e. The van der Waals surface area contributed by atoms with Gasteiger partial charge in [-0.1, -0.05) is 105 Å². The molecule has 8 nitrogen and oxygen atoms in total. The molecule has 0 atom stereocenters. The first kappa shape index (κ1) is 46.3. The second-order valence-corrected chi connectivity index (χ2v) is 21.0. The second kappa shape index (κ2) is 20.6. The van der Waals surface area contributed by atoms with Crippen molar-refractivity contribution in [1.29, 1.82) is 0 Å². The maximum absolute atomic E-state index is 6.68. The van der Waals surface area contributed by atoms with Crippen LogP contribution in [-0.4, -0.2) is 27.2 Å². The Balaban J connectivity index is 1.45. The first-order chi connectivity index (χ1) is 31.3. The molecular formula is C52H60Br4O8. The van der Waals surface area contributed by atoms with Gasteiger partial charge in [0.2, 0.25) is 27.2 Å². The lowest BCUT2D eigenvalue weighted by Crippen LogP contribution is -2.24. The normalized spacial score (nSPS) is 19.8. The van der Waals surface area contributed by atoms with Crippen LogP contribution in [0.5, 0.6) is 46.0 Å². The highest BCUT2D eigenvalue weighted by Gasteiger charge is 2.42. The summed E-state index contributed by atoms with van der Waals surface area (Å²) in [6.45, 7) is 9.14. The van der Waals surface area contributed by atoms with E-state index in [0.717, 1.165) is 211 Å². The zero-order valence-corrected chi connectivity index (χ0v) is 43.9. The molecule has 64 heavy (non-hydrogen) atoms. The number of hydrogen-bond acceptors (Lipinski definition) is 8. The fourth-order valence-electron chi connectivity index (χ4n) is 10.8. The molecule has 0 spiro atoms. The third-order valence-corrected chi connectivity index (χ3v) is 17.4. The highest BCUT2D eigenvalue weighted by Crippen LogP contribution is 2.61. The lowest BCUT2D eigenvalue weighted by Gasteiger charge is -2.37. The molecule has 0 radical (unpaired) electrons. The summed E-state index contributed by atoms with van der Waals surface area (Å²) in [6.07, 6.45) is 16.5. The predicted molar refractivity (Wildman–Crippen MR) is 265 cm³/mol. The average molecular weight is 1130 g/mol. The van der Waals surface area contributed by atoms with E-state index in [0.29, 0.717) is 0 Å². The Morgan fingerprint density at radius 3 is 0.641 bits per heavy atom. The maximum Gasteiger partial charge on any atom is 0.230 e. The van der Waals surface area contributed by atoms with Crippen LogP contribution in [0.2, 0.25) is 0 Å². The molecule has 4 heterocycles. The Morgan fingerprint density at radius 2 is 0.484 bits per heavy atom. The van der Waals surface area contributed by atoms with Crippen molar-refractivity contribution in [2.75, 3.05) is 27.2 Å². The molecule has 5 aliphatic rings. The van der Waals surface area contributed by atoms with Crippen molar-refractivity contribution in [3.05, 3.63) is 86.7 Å². The van der Waals surface area contributed by atoms with Gasteiger partial charge in [0.05, 0.1) is 0 Å². The van der Waals surface area contributed by atoms with Gasteiger partial charge in [-0.2, -0.15) is 0 Å². The first-order valence-corrected chi connectivity index (χ1v) is 27.0. The minimum atomic E-state index is -0.0999. The number of hydrogen-bond donors (Lipinski definition) is 0. The first-order valence-electron chi connectivity index (χ1n) is 23.8. The van der Waals surface area contributed by atoms with Gasteiger partial charge in [-0.05, 0) is 89.4 Å². The molecule has 0 saturated heterocycles. The number of ether oxygens (including phenoxy) is 8. The molecule has 0 saturated carbocycles. The molecule has 0 amide bonds. The molecule has 4 aromatic rings. The number of halogens is 4. The SMILES string of the molecule is CCCCCC1c2c3cc4c(c2Br)C(CCCCC)c2c(cc5c(c2Br)C(CCCCC)c2c(cc6c(c2Br)C(CCCCC)c2c(cc(c1c2Br)OCO3)OCO6)OCO5)OCO4. The summed E-state index contributed by atoms with van der Waals surface area (Å²) in [4.78, 5) is 0. The van der Waals surface area contributed by atoms with E-state index < -0.39 is 0 Å². The molecule has 0 fully saturated rings. The lowest BCUT2D eigenvalue weighted by atomic mass is 9.76. The molecule has 0 N–H and O–H groups in total. The van der Waals surface area contributed by atoms with Crippen molar-refractivity contribution in [2.45, 2.75) is 154 Å². The van der Waals surface area contributed by atoms with Crippen LogP contribution in [0.3, 0.4) is 0 Å². The van der Waals surface area contributed by atoms with E-state index in [1.54, 1.807) is 0 Å². The molecule has 0 unspecified atom stereocenters. The number of benzene rings is 4. The quantitative estimate of drug-likeness (QED) is 0.103. The van der Waals surface area contributed by atoms with Gasteiger partial charge in [0.25, 0.3) is 0 Å². The number of unbranched alkanes of at least 4 members (excludes halogenated alkanes) is 8. The van der Waals surface area contributed by atoms with Gasteiger partial charge in [0, 0.05) is 110 Å². The van der Waals surface area contributed by atoms with Crippen LogP contribution in [0.25, 0.3) is 0 Å². The summed E-state index contributed by atoms with van der Waals surface area (Å²) in [5.74, 6) is 5.61. The van der Waals surface area contributed by atoms with E-state index in [2.05, 4.69) is 116 Å². The molecule has 12 heteroatoms. The Labute approximate surface area is 412 Å². The Bertz CT molecular complexity index is 1920. The highest BCUT2D eigenvalue weighted by atomic mass is 79.9. The van der Waals surface area contributed by atoms with Crippen LogP contribution in [0.1, 0.15) is 199 Å². The summed E-state index contributed by atoms with van der Waals surface area (Å²) in [7, 11) is 0. The molecule has 9 rings (SSSR count). The summed E-state index contributed by atoms with van der Waals surface area (Å²) in [6, 6.07) is 8.41. The summed E-state index contributed by atoms with van der Waals surface area (Å²) >= 11 is 17.5. The van der Waals surface area contributed by atoms with Crippen molar-refractivity contribution in [3.63, 3.8) is 0 Å². The second-order valence-electron chi connectivity index (χ2n) is 17.9. The summed E-state index contributed by atoms with van der Waals surface area (Å²) in [5.41, 5.74) is 8.93. The maximum atomic E-state index is 6.68. The molecule has 8 bridgehead atoms. The zero-order chi connectivity index (χ0) is 44.5. The number of rotatable bonds is 16. The Morgan fingerprint density at radius 1 is 0.312 bits per heavy atom. The van der Waals surface area contributed by atoms with Gasteiger partial charge in [0.15, 0.2) is 0 Å². The molecule has 0 aromatic heterocycles. The predicted octanol–water partition coefficient (Wildman–Crippen LogP) is 16.8. The Hall–Kier alpha value is -2.80. The Kier molecular flexibility index (Phi) is 14.9. The van der Waals surface area contributed by atoms with Crippen molar-refractivity contribution in [2.24, 2.45) is 0 Å². The third kappa shape index (κ3) is 8.54. The van der Waals surface area contributed by atoms with E-state index >= 15 is 0 Å². The zero-order valence-electron chi connectivity index (χ0n) is 37.5. The van der Waals surface area contributed by atoms with Gasteiger partial charge < -0.3 is 37.9 Å². The van der Waals surface area contributed by atoms with Crippen LogP contribution >= 0.6 is 63.7 Å². The molecule has 4 aliphatic heterocycles. The lowest BCUT2D eigenvalue weighted by molar-refractivity contribution is 0.0980. The van der Waals surface area contributed by atoms with Gasteiger partial charge >= 0.3 is 0 Å². The average Bonchev–Trinajstić information content (AvgIpc) is 3.24. The van der Waals surface area contributed by atoms with E-state index in [1.807, 2.05) is 0 Å². The third-order valence-electron chi connectivity index (χ3n) is 14.0. The van der Waals surface area contributed by atoms with E-state index in [-0.39, 0.29) is 50.8 Å². The van der Waals surface area contributed by atoms with Crippen LogP contribution in [0.4, 0.5) is 0 Å². The van der Waals surface area contributed by atoms with Crippen LogP contribution in [0, 0.1) is 0 Å². The fourth-order valence-corrected chi connectivity index (χ4v) is 14.6. The topological polar surface area (TPSA) is 73.8 Å². The molecular weight excluding hydrogens is 1070 g/mol. The minimum Gasteiger partial charge on any atom is -0.457 e. The monoisotopic (exact) mass is 1130 g/mol.